The highest BCUT2D eigenvalue weighted by atomic mass is 35.5. The van der Waals surface area contributed by atoms with Crippen molar-refractivity contribution in [1.29, 1.82) is 0 Å². The average molecular weight is 518 g/mol. The Bertz CT molecular complexity index is 1110. The van der Waals surface area contributed by atoms with Gasteiger partial charge in [-0.3, -0.25) is 30.1 Å². The number of thiocarbonyl (C=S) groups is 1. The van der Waals surface area contributed by atoms with Gasteiger partial charge in [-0.2, -0.15) is 0 Å². The van der Waals surface area contributed by atoms with Gasteiger partial charge in [0.1, 0.15) is 10.1 Å². The molecule has 178 valence electrons. The lowest BCUT2D eigenvalue weighted by atomic mass is 10.1. The monoisotopic (exact) mass is 517 g/mol. The second-order valence-corrected chi connectivity index (χ2v) is 9.48. The van der Waals surface area contributed by atoms with Crippen LogP contribution in [0.3, 0.4) is 0 Å². The smallest absolute Gasteiger partial charge is 0.271 e. The number of hydrazine groups is 1. The van der Waals surface area contributed by atoms with E-state index in [-0.39, 0.29) is 23.8 Å². The summed E-state index contributed by atoms with van der Waals surface area (Å²) in [5, 5.41) is 0.309. The van der Waals surface area contributed by atoms with E-state index in [2.05, 4.69) is 10.9 Å². The van der Waals surface area contributed by atoms with Crippen molar-refractivity contribution in [2.75, 3.05) is 13.7 Å². The summed E-state index contributed by atoms with van der Waals surface area (Å²) in [4.78, 5) is 38.9. The van der Waals surface area contributed by atoms with E-state index in [1.54, 1.807) is 36.3 Å². The quantitative estimate of drug-likeness (QED) is 0.219. The molecule has 3 amide bonds. The molecular weight excluding hydrogens is 494 g/mol. The Balaban J connectivity index is 1.37. The van der Waals surface area contributed by atoms with Gasteiger partial charge in [0, 0.05) is 13.0 Å². The van der Waals surface area contributed by atoms with Gasteiger partial charge in [-0.05, 0) is 48.7 Å². The molecule has 0 saturated carbocycles. The molecule has 0 unspecified atom stereocenters. The summed E-state index contributed by atoms with van der Waals surface area (Å²) in [6.07, 6.45) is 4.13. The summed E-state index contributed by atoms with van der Waals surface area (Å²) < 4.78 is 5.68. The number of rotatable bonds is 9. The first kappa shape index (κ1) is 25.7. The van der Waals surface area contributed by atoms with Gasteiger partial charge in [0.15, 0.2) is 0 Å². The third-order valence-corrected chi connectivity index (χ3v) is 6.71. The maximum absolute atomic E-state index is 12.7. The number of carbonyl (C=O) groups is 3. The Labute approximate surface area is 212 Å². The van der Waals surface area contributed by atoms with Crippen LogP contribution < -0.4 is 15.6 Å². The lowest BCUT2D eigenvalue weighted by Crippen LogP contribution is -2.41. The summed E-state index contributed by atoms with van der Waals surface area (Å²) in [6.45, 7) is 0.496. The van der Waals surface area contributed by atoms with Crippen LogP contribution in [0, 0.1) is 0 Å². The van der Waals surface area contributed by atoms with Crippen LogP contribution in [0.5, 0.6) is 5.75 Å². The molecule has 1 heterocycles. The molecule has 0 spiro atoms. The fourth-order valence-electron chi connectivity index (χ4n) is 3.18. The van der Waals surface area contributed by atoms with Crippen LogP contribution in [0.15, 0.2) is 53.4 Å². The van der Waals surface area contributed by atoms with Crippen LogP contribution in [-0.2, 0) is 9.59 Å². The zero-order valence-corrected chi connectivity index (χ0v) is 20.9. The maximum atomic E-state index is 12.7. The molecule has 2 N–H and O–H groups in total. The first-order valence-corrected chi connectivity index (χ1v) is 12.2. The van der Waals surface area contributed by atoms with Crippen molar-refractivity contribution in [1.82, 2.24) is 15.8 Å². The molecule has 1 fully saturated rings. The number of halogens is 1. The van der Waals surface area contributed by atoms with Crippen molar-refractivity contribution in [3.05, 3.63) is 69.6 Å². The van der Waals surface area contributed by atoms with E-state index in [0.29, 0.717) is 33.6 Å². The van der Waals surface area contributed by atoms with Crippen LogP contribution in [0.1, 0.15) is 41.6 Å². The lowest BCUT2D eigenvalue weighted by Gasteiger charge is -2.14. The zero-order valence-electron chi connectivity index (χ0n) is 18.5. The number of thioether (sulfide) groups is 1. The van der Waals surface area contributed by atoms with E-state index in [0.717, 1.165) is 17.7 Å². The maximum Gasteiger partial charge on any atom is 0.271 e. The van der Waals surface area contributed by atoms with Crippen LogP contribution >= 0.6 is 35.6 Å². The molecular formula is C24H24ClN3O4S2. The number of hydrogen-bond acceptors (Lipinski definition) is 6. The molecule has 3 rings (SSSR count). The standard InChI is InChI=1S/C24H24ClN3O4S2/c1-32-17-12-10-16(11-13-17)15-20-23(31)28(24(33)34-20)14-6-2-3-9-21(29)26-27-22(30)18-7-4-5-8-19(18)25/h4-5,7-8,10-13,15H,2-3,6,9,14H2,1H3,(H,26,29)(H,27,30)/b20-15-. The molecule has 0 aromatic heterocycles. The first-order valence-electron chi connectivity index (χ1n) is 10.6. The normalized spacial score (nSPS) is 14.4. The summed E-state index contributed by atoms with van der Waals surface area (Å²) >= 11 is 12.6. The van der Waals surface area contributed by atoms with Gasteiger partial charge in [0.05, 0.1) is 22.6 Å². The molecule has 0 radical (unpaired) electrons. The predicted molar refractivity (Wildman–Crippen MR) is 138 cm³/mol. The minimum Gasteiger partial charge on any atom is -0.497 e. The van der Waals surface area contributed by atoms with Gasteiger partial charge in [-0.15, -0.1) is 0 Å². The molecule has 1 saturated heterocycles. The molecule has 0 aliphatic carbocycles. The molecule has 0 atom stereocenters. The lowest BCUT2D eigenvalue weighted by molar-refractivity contribution is -0.123. The molecule has 1 aliphatic heterocycles. The second kappa shape index (κ2) is 12.5. The zero-order chi connectivity index (χ0) is 24.5. The van der Waals surface area contributed by atoms with Crippen molar-refractivity contribution in [2.24, 2.45) is 0 Å². The number of benzene rings is 2. The van der Waals surface area contributed by atoms with E-state index < -0.39 is 5.91 Å². The fraction of sp³-hybridized carbons (Fsp3) is 0.250. The summed E-state index contributed by atoms with van der Waals surface area (Å²) in [5.41, 5.74) is 5.93. The molecule has 34 heavy (non-hydrogen) atoms. The van der Waals surface area contributed by atoms with Crippen molar-refractivity contribution in [3.63, 3.8) is 0 Å². The number of nitrogens with zero attached hydrogens (tertiary/aromatic N) is 1. The summed E-state index contributed by atoms with van der Waals surface area (Å²) in [6, 6.07) is 14.0. The highest BCUT2D eigenvalue weighted by Gasteiger charge is 2.31. The number of carbonyl (C=O) groups excluding carboxylic acids is 3. The SMILES string of the molecule is COc1ccc(/C=C2\SC(=S)N(CCCCCC(=O)NNC(=O)c3ccccc3Cl)C2=O)cc1. The Hall–Kier alpha value is -2.88. The average Bonchev–Trinajstić information content (AvgIpc) is 3.10. The van der Waals surface area contributed by atoms with Crippen molar-refractivity contribution < 1.29 is 19.1 Å². The van der Waals surface area contributed by atoms with E-state index in [1.165, 1.54) is 11.8 Å². The number of amides is 3. The Morgan fingerprint density at radius 2 is 1.82 bits per heavy atom. The van der Waals surface area contributed by atoms with Gasteiger partial charge >= 0.3 is 0 Å². The third-order valence-electron chi connectivity index (χ3n) is 5.01. The van der Waals surface area contributed by atoms with E-state index in [4.69, 9.17) is 28.6 Å². The number of hydrogen-bond donors (Lipinski definition) is 2. The third kappa shape index (κ3) is 7.06. The number of nitrogens with one attached hydrogen (secondary N) is 2. The van der Waals surface area contributed by atoms with Crippen LogP contribution in [0.2, 0.25) is 5.02 Å². The van der Waals surface area contributed by atoms with Crippen LogP contribution in [0.4, 0.5) is 0 Å². The van der Waals surface area contributed by atoms with E-state index in [9.17, 15) is 14.4 Å². The van der Waals surface area contributed by atoms with Gasteiger partial charge in [0.25, 0.3) is 11.8 Å². The molecule has 7 nitrogen and oxygen atoms in total. The van der Waals surface area contributed by atoms with Gasteiger partial charge in [-0.1, -0.05) is 66.3 Å². The van der Waals surface area contributed by atoms with Gasteiger partial charge < -0.3 is 4.74 Å². The largest absolute Gasteiger partial charge is 0.497 e. The number of unbranched alkanes of at least 4 members (excludes halogenated alkanes) is 2. The van der Waals surface area contributed by atoms with Crippen molar-refractivity contribution in [3.8, 4) is 5.75 Å². The number of ether oxygens (including phenoxy) is 1. The molecule has 1 aliphatic rings. The van der Waals surface area contributed by atoms with Crippen LogP contribution in [0.25, 0.3) is 6.08 Å². The number of methoxy groups -OCH3 is 1. The summed E-state index contributed by atoms with van der Waals surface area (Å²) in [5.74, 6) is -0.128. The van der Waals surface area contributed by atoms with Crippen LogP contribution in [-0.4, -0.2) is 40.6 Å². The van der Waals surface area contributed by atoms with E-state index in [1.807, 2.05) is 30.3 Å². The second-order valence-electron chi connectivity index (χ2n) is 7.40. The summed E-state index contributed by atoms with van der Waals surface area (Å²) in [7, 11) is 1.60. The predicted octanol–water partition coefficient (Wildman–Crippen LogP) is 4.57. The minimum atomic E-state index is -0.476. The Kier molecular flexibility index (Phi) is 9.50. The first-order chi connectivity index (χ1) is 16.4. The van der Waals surface area contributed by atoms with Crippen molar-refractivity contribution in [2.45, 2.75) is 25.7 Å². The Morgan fingerprint density at radius 1 is 1.09 bits per heavy atom. The molecule has 2 aromatic rings. The fourth-order valence-corrected chi connectivity index (χ4v) is 4.71. The minimum absolute atomic E-state index is 0.106. The molecule has 10 heteroatoms. The van der Waals surface area contributed by atoms with Gasteiger partial charge in [-0.25, -0.2) is 0 Å². The molecule has 0 bridgehead atoms. The van der Waals surface area contributed by atoms with Gasteiger partial charge in [0.2, 0.25) is 5.91 Å². The highest BCUT2D eigenvalue weighted by molar-refractivity contribution is 8.26. The van der Waals surface area contributed by atoms with E-state index >= 15 is 0 Å². The topological polar surface area (TPSA) is 87.7 Å². The highest BCUT2D eigenvalue weighted by Crippen LogP contribution is 2.33. The van der Waals surface area contributed by atoms with Crippen molar-refractivity contribution >= 4 is 63.7 Å². The molecule has 2 aromatic carbocycles. The Morgan fingerprint density at radius 3 is 2.53 bits per heavy atom.